The lowest BCUT2D eigenvalue weighted by Gasteiger charge is -2.33. The summed E-state index contributed by atoms with van der Waals surface area (Å²) in [5.74, 6) is 0.667. The van der Waals surface area contributed by atoms with Crippen molar-refractivity contribution < 1.29 is 9.00 Å². The van der Waals surface area contributed by atoms with Crippen LogP contribution in [0.25, 0.3) is 0 Å². The van der Waals surface area contributed by atoms with Crippen LogP contribution in [0.15, 0.2) is 12.2 Å². The predicted molar refractivity (Wildman–Crippen MR) is 85.3 cm³/mol. The Balaban J connectivity index is 2.65. The monoisotopic (exact) mass is 300 g/mol. The van der Waals surface area contributed by atoms with E-state index in [1.165, 1.54) is 0 Å². The minimum Gasteiger partial charge on any atom is -0.334 e. The Kier molecular flexibility index (Phi) is 7.27. The molecular formula is C15H28N2O2S. The first-order valence-electron chi connectivity index (χ1n) is 7.56. The second kappa shape index (κ2) is 8.45. The highest BCUT2D eigenvalue weighted by Gasteiger charge is 2.31. The van der Waals surface area contributed by atoms with Crippen LogP contribution in [0.4, 0.5) is 4.79 Å². The lowest BCUT2D eigenvalue weighted by Crippen LogP contribution is -2.52. The number of amides is 2. The summed E-state index contributed by atoms with van der Waals surface area (Å²) in [6.07, 6.45) is 4.12. The SMILES string of the molecule is C=C(C)CN(CC)C(=O)NC1CCCCC1S(=O)CC. The maximum absolute atomic E-state index is 12.3. The van der Waals surface area contributed by atoms with E-state index >= 15 is 0 Å². The molecule has 20 heavy (non-hydrogen) atoms. The molecule has 0 aliphatic heterocycles. The van der Waals surface area contributed by atoms with E-state index in [1.807, 2.05) is 20.8 Å². The molecule has 2 amide bonds. The quantitative estimate of drug-likeness (QED) is 0.767. The third kappa shape index (κ3) is 4.93. The number of nitrogens with zero attached hydrogens (tertiary/aromatic N) is 1. The molecule has 1 fully saturated rings. The van der Waals surface area contributed by atoms with Crippen LogP contribution in [0.1, 0.15) is 46.5 Å². The molecule has 3 unspecified atom stereocenters. The van der Waals surface area contributed by atoms with E-state index in [-0.39, 0.29) is 17.3 Å². The van der Waals surface area contributed by atoms with Crippen molar-refractivity contribution in [1.82, 2.24) is 10.2 Å². The molecule has 5 heteroatoms. The molecule has 0 aromatic heterocycles. The molecule has 116 valence electrons. The van der Waals surface area contributed by atoms with Gasteiger partial charge in [-0.05, 0) is 26.7 Å². The van der Waals surface area contributed by atoms with Gasteiger partial charge >= 0.3 is 6.03 Å². The molecule has 0 spiro atoms. The summed E-state index contributed by atoms with van der Waals surface area (Å²) in [7, 11) is -0.837. The van der Waals surface area contributed by atoms with Crippen LogP contribution in [0.3, 0.4) is 0 Å². The maximum atomic E-state index is 12.3. The van der Waals surface area contributed by atoms with Crippen molar-refractivity contribution in [3.63, 3.8) is 0 Å². The molecule has 0 radical (unpaired) electrons. The minimum absolute atomic E-state index is 0.0520. The fourth-order valence-electron chi connectivity index (χ4n) is 2.69. The molecule has 0 aromatic carbocycles. The number of carbonyl (C=O) groups excluding carboxylic acids is 1. The lowest BCUT2D eigenvalue weighted by atomic mass is 9.95. The molecule has 4 nitrogen and oxygen atoms in total. The summed E-state index contributed by atoms with van der Waals surface area (Å²) in [6.45, 7) is 10.9. The summed E-state index contributed by atoms with van der Waals surface area (Å²) in [4.78, 5) is 14.1. The summed E-state index contributed by atoms with van der Waals surface area (Å²) < 4.78 is 12.1. The van der Waals surface area contributed by atoms with Gasteiger partial charge in [-0.2, -0.15) is 0 Å². The van der Waals surface area contributed by atoms with Crippen LogP contribution in [-0.4, -0.2) is 45.3 Å². The predicted octanol–water partition coefficient (Wildman–Crippen LogP) is 2.67. The van der Waals surface area contributed by atoms with Gasteiger partial charge in [0.25, 0.3) is 0 Å². The molecule has 0 saturated heterocycles. The van der Waals surface area contributed by atoms with Gasteiger partial charge in [0.1, 0.15) is 0 Å². The smallest absolute Gasteiger partial charge is 0.317 e. The average molecular weight is 300 g/mol. The topological polar surface area (TPSA) is 49.4 Å². The molecule has 1 rings (SSSR count). The fraction of sp³-hybridized carbons (Fsp3) is 0.800. The lowest BCUT2D eigenvalue weighted by molar-refractivity contribution is 0.197. The van der Waals surface area contributed by atoms with E-state index in [4.69, 9.17) is 0 Å². The molecule has 1 N–H and O–H groups in total. The minimum atomic E-state index is -0.837. The van der Waals surface area contributed by atoms with Gasteiger partial charge in [-0.1, -0.05) is 31.9 Å². The first kappa shape index (κ1) is 17.2. The second-order valence-corrected chi connectivity index (χ2v) is 7.46. The molecule has 0 heterocycles. The van der Waals surface area contributed by atoms with Gasteiger partial charge in [-0.3, -0.25) is 4.21 Å². The molecule has 1 aliphatic carbocycles. The van der Waals surface area contributed by atoms with Gasteiger partial charge in [0.15, 0.2) is 0 Å². The van der Waals surface area contributed by atoms with E-state index in [9.17, 15) is 9.00 Å². The second-order valence-electron chi connectivity index (χ2n) is 5.52. The summed E-state index contributed by atoms with van der Waals surface area (Å²) >= 11 is 0. The van der Waals surface area contributed by atoms with Gasteiger partial charge in [0.2, 0.25) is 0 Å². The molecular weight excluding hydrogens is 272 g/mol. The average Bonchev–Trinajstić information content (AvgIpc) is 2.44. The zero-order valence-corrected chi connectivity index (χ0v) is 13.8. The van der Waals surface area contributed by atoms with Crippen LogP contribution in [-0.2, 0) is 10.8 Å². The van der Waals surface area contributed by atoms with E-state index in [0.717, 1.165) is 31.3 Å². The highest BCUT2D eigenvalue weighted by atomic mass is 32.2. The Morgan fingerprint density at radius 2 is 2.00 bits per heavy atom. The van der Waals surface area contributed by atoms with Crippen molar-refractivity contribution in [3.8, 4) is 0 Å². The molecule has 0 aromatic rings. The zero-order chi connectivity index (χ0) is 15.1. The first-order valence-corrected chi connectivity index (χ1v) is 8.94. The van der Waals surface area contributed by atoms with Crippen LogP contribution in [0.5, 0.6) is 0 Å². The zero-order valence-electron chi connectivity index (χ0n) is 13.0. The van der Waals surface area contributed by atoms with Crippen molar-refractivity contribution in [2.45, 2.75) is 57.7 Å². The van der Waals surface area contributed by atoms with Gasteiger partial charge < -0.3 is 10.2 Å². The number of hydrogen-bond donors (Lipinski definition) is 1. The van der Waals surface area contributed by atoms with E-state index in [0.29, 0.717) is 18.8 Å². The number of nitrogens with one attached hydrogen (secondary N) is 1. The number of urea groups is 1. The normalized spacial score (nSPS) is 23.9. The van der Waals surface area contributed by atoms with Crippen molar-refractivity contribution in [3.05, 3.63) is 12.2 Å². The standard InChI is InChI=1S/C15H28N2O2S/c1-5-17(11-12(3)4)15(18)16-13-9-7-8-10-14(13)20(19)6-2/h13-14H,3,5-11H2,1-2,4H3,(H,16,18). The van der Waals surface area contributed by atoms with Crippen molar-refractivity contribution in [1.29, 1.82) is 0 Å². The third-order valence-electron chi connectivity index (χ3n) is 3.76. The summed E-state index contributed by atoms with van der Waals surface area (Å²) in [5.41, 5.74) is 0.972. The van der Waals surface area contributed by atoms with Crippen molar-refractivity contribution in [2.24, 2.45) is 0 Å². The Bertz CT molecular complexity index is 371. The molecule has 0 bridgehead atoms. The Labute approximate surface area is 125 Å². The molecule has 1 aliphatic rings. The Morgan fingerprint density at radius 3 is 2.55 bits per heavy atom. The maximum Gasteiger partial charge on any atom is 0.317 e. The fourth-order valence-corrected chi connectivity index (χ4v) is 4.12. The van der Waals surface area contributed by atoms with Crippen LogP contribution in [0.2, 0.25) is 0 Å². The Morgan fingerprint density at radius 1 is 1.35 bits per heavy atom. The van der Waals surface area contributed by atoms with Crippen molar-refractivity contribution >= 4 is 16.8 Å². The number of rotatable bonds is 6. The Hall–Kier alpha value is -0.840. The van der Waals surface area contributed by atoms with E-state index in [1.54, 1.807) is 4.90 Å². The highest BCUT2D eigenvalue weighted by molar-refractivity contribution is 7.85. The third-order valence-corrected chi connectivity index (χ3v) is 5.57. The largest absolute Gasteiger partial charge is 0.334 e. The van der Waals surface area contributed by atoms with Crippen molar-refractivity contribution in [2.75, 3.05) is 18.8 Å². The molecule has 1 saturated carbocycles. The van der Waals surface area contributed by atoms with Gasteiger partial charge in [-0.25, -0.2) is 4.79 Å². The number of hydrogen-bond acceptors (Lipinski definition) is 2. The summed E-state index contributed by atoms with van der Waals surface area (Å²) in [6, 6.07) is -0.00305. The highest BCUT2D eigenvalue weighted by Crippen LogP contribution is 2.23. The van der Waals surface area contributed by atoms with Crippen LogP contribution < -0.4 is 5.32 Å². The first-order chi connectivity index (χ1) is 9.49. The van der Waals surface area contributed by atoms with E-state index in [2.05, 4.69) is 11.9 Å². The number of carbonyl (C=O) groups is 1. The molecule has 3 atom stereocenters. The number of likely N-dealkylation sites (N-methyl/N-ethyl adjacent to an activating group) is 1. The van der Waals surface area contributed by atoms with Crippen LogP contribution in [0, 0.1) is 0 Å². The van der Waals surface area contributed by atoms with E-state index < -0.39 is 10.8 Å². The van der Waals surface area contributed by atoms with Gasteiger partial charge in [0, 0.05) is 35.7 Å². The van der Waals surface area contributed by atoms with Gasteiger partial charge in [0.05, 0.1) is 5.25 Å². The van der Waals surface area contributed by atoms with Crippen LogP contribution >= 0.6 is 0 Å². The summed E-state index contributed by atoms with van der Waals surface area (Å²) in [5, 5.41) is 3.21. The van der Waals surface area contributed by atoms with Gasteiger partial charge in [-0.15, -0.1) is 0 Å².